The molecule has 1 aromatic carbocycles. The summed E-state index contributed by atoms with van der Waals surface area (Å²) in [5.74, 6) is -0.375. The molecule has 0 aromatic heterocycles. The molecular weight excluding hydrogens is 275 g/mol. The smallest absolute Gasteiger partial charge is 0.143 e. The fraction of sp³-hybridized carbons (Fsp3) is 0.500. The quantitative estimate of drug-likeness (QED) is 0.927. The molecule has 0 unspecified atom stereocenters. The third kappa shape index (κ3) is 2.01. The van der Waals surface area contributed by atoms with Crippen molar-refractivity contribution in [1.29, 1.82) is 0 Å². The predicted octanol–water partition coefficient (Wildman–Crippen LogP) is 2.97. The Bertz CT molecular complexity index is 389. The van der Waals surface area contributed by atoms with E-state index in [1.807, 2.05) is 6.92 Å². The maximum atomic E-state index is 13.8. The normalized spacial score (nSPS) is 28.9. The van der Waals surface area contributed by atoms with E-state index in [0.717, 1.165) is 0 Å². The largest absolute Gasteiger partial charge is 0.385 e. The zero-order valence-electron chi connectivity index (χ0n) is 9.04. The minimum Gasteiger partial charge on any atom is -0.385 e. The van der Waals surface area contributed by atoms with Crippen molar-refractivity contribution < 1.29 is 14.2 Å². The van der Waals surface area contributed by atoms with Gasteiger partial charge in [-0.05, 0) is 28.9 Å². The van der Waals surface area contributed by atoms with E-state index in [-0.39, 0.29) is 11.9 Å². The molecule has 88 valence electrons. The van der Waals surface area contributed by atoms with Crippen LogP contribution < -0.4 is 0 Å². The minimum atomic E-state index is -1.06. The van der Waals surface area contributed by atoms with Crippen molar-refractivity contribution >= 4 is 15.9 Å². The lowest BCUT2D eigenvalue weighted by Crippen LogP contribution is -2.46. The van der Waals surface area contributed by atoms with E-state index in [9.17, 15) is 9.50 Å². The van der Waals surface area contributed by atoms with Crippen molar-refractivity contribution in [2.75, 3.05) is 6.61 Å². The average Bonchev–Trinajstić information content (AvgIpc) is 2.20. The van der Waals surface area contributed by atoms with Crippen LogP contribution in [0.5, 0.6) is 0 Å². The number of halogens is 2. The maximum Gasteiger partial charge on any atom is 0.143 e. The van der Waals surface area contributed by atoms with Gasteiger partial charge in [0.1, 0.15) is 5.82 Å². The number of benzene rings is 1. The summed E-state index contributed by atoms with van der Waals surface area (Å²) in [4.78, 5) is 0. The van der Waals surface area contributed by atoms with E-state index in [0.29, 0.717) is 29.5 Å². The van der Waals surface area contributed by atoms with Crippen LogP contribution in [0, 0.1) is 5.82 Å². The Morgan fingerprint density at radius 3 is 2.88 bits per heavy atom. The summed E-state index contributed by atoms with van der Waals surface area (Å²) in [6.07, 6.45) is 0.982. The molecule has 16 heavy (non-hydrogen) atoms. The third-order valence-electron chi connectivity index (χ3n) is 2.99. The summed E-state index contributed by atoms with van der Waals surface area (Å²) in [5.41, 5.74) is -0.703. The van der Waals surface area contributed by atoms with Crippen molar-refractivity contribution in [1.82, 2.24) is 0 Å². The summed E-state index contributed by atoms with van der Waals surface area (Å²) in [6.45, 7) is 2.54. The van der Waals surface area contributed by atoms with Crippen LogP contribution in [-0.2, 0) is 10.3 Å². The van der Waals surface area contributed by atoms with Gasteiger partial charge in [-0.2, -0.15) is 0 Å². The first-order chi connectivity index (χ1) is 7.57. The van der Waals surface area contributed by atoms with Crippen molar-refractivity contribution in [2.45, 2.75) is 31.5 Å². The van der Waals surface area contributed by atoms with Gasteiger partial charge in [0.2, 0.25) is 0 Å². The van der Waals surface area contributed by atoms with Crippen LogP contribution >= 0.6 is 15.9 Å². The van der Waals surface area contributed by atoms with Gasteiger partial charge >= 0.3 is 0 Å². The Morgan fingerprint density at radius 1 is 1.56 bits per heavy atom. The molecule has 0 aliphatic heterocycles. The third-order valence-corrected chi connectivity index (χ3v) is 3.60. The molecule has 1 fully saturated rings. The Hall–Kier alpha value is -0.450. The molecule has 1 aliphatic rings. The summed E-state index contributed by atoms with van der Waals surface area (Å²) in [5, 5.41) is 10.2. The Kier molecular flexibility index (Phi) is 3.33. The molecule has 0 saturated heterocycles. The highest BCUT2D eigenvalue weighted by Crippen LogP contribution is 2.44. The van der Waals surface area contributed by atoms with Crippen LogP contribution in [0.3, 0.4) is 0 Å². The molecule has 2 rings (SSSR count). The first kappa shape index (κ1) is 12.0. The van der Waals surface area contributed by atoms with Gasteiger partial charge in [-0.15, -0.1) is 0 Å². The summed E-state index contributed by atoms with van der Waals surface area (Å²) < 4.78 is 19.5. The lowest BCUT2D eigenvalue weighted by atomic mass is 9.72. The van der Waals surface area contributed by atoms with E-state index in [1.54, 1.807) is 18.2 Å². The highest BCUT2D eigenvalue weighted by atomic mass is 79.9. The second kappa shape index (κ2) is 4.43. The zero-order chi connectivity index (χ0) is 11.8. The standard InChI is InChI=1S/C12H14BrFO2/c1-2-16-8-6-12(15,7-8)9-4-3-5-10(13)11(9)14/h3-5,8,15H,2,6-7H2,1H3. The van der Waals surface area contributed by atoms with Crippen LogP contribution in [-0.4, -0.2) is 17.8 Å². The molecule has 0 atom stereocenters. The molecule has 0 radical (unpaired) electrons. The van der Waals surface area contributed by atoms with Crippen molar-refractivity contribution in [3.05, 3.63) is 34.1 Å². The summed E-state index contributed by atoms with van der Waals surface area (Å²) in [6, 6.07) is 4.98. The molecule has 1 saturated carbocycles. The van der Waals surface area contributed by atoms with Crippen molar-refractivity contribution in [3.63, 3.8) is 0 Å². The van der Waals surface area contributed by atoms with Crippen molar-refractivity contribution in [3.8, 4) is 0 Å². The molecule has 1 aromatic rings. The SMILES string of the molecule is CCOC1CC(O)(c2cccc(Br)c2F)C1. The average molecular weight is 289 g/mol. The molecule has 2 nitrogen and oxygen atoms in total. The second-order valence-electron chi connectivity index (χ2n) is 4.12. The number of hydrogen-bond acceptors (Lipinski definition) is 2. The Labute approximate surface area is 103 Å². The first-order valence-corrected chi connectivity index (χ1v) is 6.14. The number of hydrogen-bond donors (Lipinski definition) is 1. The molecule has 0 bridgehead atoms. The van der Waals surface area contributed by atoms with Gasteiger partial charge in [0.15, 0.2) is 0 Å². The van der Waals surface area contributed by atoms with Crippen LogP contribution in [0.2, 0.25) is 0 Å². The van der Waals surface area contributed by atoms with E-state index in [1.165, 1.54) is 0 Å². The minimum absolute atomic E-state index is 0.0494. The van der Waals surface area contributed by atoms with Gasteiger partial charge in [0.25, 0.3) is 0 Å². The number of rotatable bonds is 3. The maximum absolute atomic E-state index is 13.8. The number of ether oxygens (including phenoxy) is 1. The highest BCUT2D eigenvalue weighted by molar-refractivity contribution is 9.10. The Balaban J connectivity index is 2.17. The van der Waals surface area contributed by atoms with Crippen LogP contribution in [0.15, 0.2) is 22.7 Å². The Morgan fingerprint density at radius 2 is 2.25 bits per heavy atom. The lowest BCUT2D eigenvalue weighted by molar-refractivity contribution is -0.144. The summed E-state index contributed by atoms with van der Waals surface area (Å²) >= 11 is 3.12. The lowest BCUT2D eigenvalue weighted by Gasteiger charge is -2.43. The van der Waals surface area contributed by atoms with Crippen LogP contribution in [0.1, 0.15) is 25.3 Å². The molecule has 1 aliphatic carbocycles. The molecule has 1 N–H and O–H groups in total. The van der Waals surface area contributed by atoms with Gasteiger partial charge in [-0.25, -0.2) is 4.39 Å². The molecular formula is C12H14BrFO2. The van der Waals surface area contributed by atoms with Gasteiger partial charge in [-0.1, -0.05) is 12.1 Å². The molecule has 0 heterocycles. The van der Waals surface area contributed by atoms with Crippen LogP contribution in [0.25, 0.3) is 0 Å². The van der Waals surface area contributed by atoms with E-state index < -0.39 is 5.60 Å². The monoisotopic (exact) mass is 288 g/mol. The second-order valence-corrected chi connectivity index (χ2v) is 4.97. The van der Waals surface area contributed by atoms with E-state index in [2.05, 4.69) is 15.9 Å². The zero-order valence-corrected chi connectivity index (χ0v) is 10.6. The molecule has 0 amide bonds. The van der Waals surface area contributed by atoms with E-state index in [4.69, 9.17) is 4.74 Å². The fourth-order valence-electron chi connectivity index (χ4n) is 2.13. The topological polar surface area (TPSA) is 29.5 Å². The molecule has 4 heteroatoms. The predicted molar refractivity (Wildman–Crippen MR) is 62.6 cm³/mol. The van der Waals surface area contributed by atoms with E-state index >= 15 is 0 Å². The highest BCUT2D eigenvalue weighted by Gasteiger charge is 2.46. The first-order valence-electron chi connectivity index (χ1n) is 5.35. The van der Waals surface area contributed by atoms with Gasteiger partial charge in [-0.3, -0.25) is 0 Å². The molecule has 0 spiro atoms. The fourth-order valence-corrected chi connectivity index (χ4v) is 2.50. The number of aliphatic hydroxyl groups is 1. The van der Waals surface area contributed by atoms with Gasteiger partial charge < -0.3 is 9.84 Å². The van der Waals surface area contributed by atoms with Crippen molar-refractivity contribution in [2.24, 2.45) is 0 Å². The van der Waals surface area contributed by atoms with Gasteiger partial charge in [0.05, 0.1) is 16.2 Å². The van der Waals surface area contributed by atoms with Gasteiger partial charge in [0, 0.05) is 25.0 Å². The van der Waals surface area contributed by atoms with Crippen LogP contribution in [0.4, 0.5) is 4.39 Å². The summed E-state index contributed by atoms with van der Waals surface area (Å²) in [7, 11) is 0.